The minimum atomic E-state index is -1.15. The standard InChI is InChI=1S/C22H34N4O6/c1-12(2)9-17(21(30)26-19(13(3)4)22(31)32)25-18(28)11-24-20(29)16(23)10-14-5-7-15(27)8-6-14/h5-8,12-13,16-17,19,27H,9-11,23H2,1-4H3,(H,24,29)(H,25,28)(H,26,30)(H,31,32). The first-order valence-electron chi connectivity index (χ1n) is 10.5. The molecule has 0 aliphatic rings. The van der Waals surface area contributed by atoms with Crippen LogP contribution in [0.3, 0.4) is 0 Å². The molecule has 1 aromatic carbocycles. The molecule has 0 saturated heterocycles. The predicted molar refractivity (Wildman–Crippen MR) is 119 cm³/mol. The Morgan fingerprint density at radius 1 is 0.969 bits per heavy atom. The van der Waals surface area contributed by atoms with E-state index in [2.05, 4.69) is 16.0 Å². The zero-order valence-electron chi connectivity index (χ0n) is 18.9. The van der Waals surface area contributed by atoms with Gasteiger partial charge in [0.25, 0.3) is 0 Å². The number of hydrogen-bond donors (Lipinski definition) is 6. The number of amides is 3. The molecule has 10 nitrogen and oxygen atoms in total. The van der Waals surface area contributed by atoms with Crippen molar-refractivity contribution in [2.24, 2.45) is 17.6 Å². The van der Waals surface area contributed by atoms with Gasteiger partial charge in [0.1, 0.15) is 17.8 Å². The summed E-state index contributed by atoms with van der Waals surface area (Å²) in [5.41, 5.74) is 6.63. The molecule has 3 unspecified atom stereocenters. The lowest BCUT2D eigenvalue weighted by Gasteiger charge is -2.24. The smallest absolute Gasteiger partial charge is 0.326 e. The van der Waals surface area contributed by atoms with Gasteiger partial charge in [0, 0.05) is 0 Å². The van der Waals surface area contributed by atoms with E-state index in [-0.39, 0.29) is 30.6 Å². The second kappa shape index (κ2) is 12.7. The predicted octanol–water partition coefficient (Wildman–Crippen LogP) is 0.135. The van der Waals surface area contributed by atoms with E-state index in [1.807, 2.05) is 13.8 Å². The van der Waals surface area contributed by atoms with E-state index in [1.165, 1.54) is 12.1 Å². The summed E-state index contributed by atoms with van der Waals surface area (Å²) in [5.74, 6) is -3.05. The van der Waals surface area contributed by atoms with Gasteiger partial charge in [-0.2, -0.15) is 0 Å². The Bertz CT molecular complexity index is 794. The van der Waals surface area contributed by atoms with Gasteiger partial charge < -0.3 is 31.9 Å². The van der Waals surface area contributed by atoms with Crippen molar-refractivity contribution in [2.45, 2.75) is 58.7 Å². The maximum Gasteiger partial charge on any atom is 0.326 e. The molecule has 3 amide bonds. The lowest BCUT2D eigenvalue weighted by Crippen LogP contribution is -2.55. The van der Waals surface area contributed by atoms with Gasteiger partial charge >= 0.3 is 5.97 Å². The maximum atomic E-state index is 12.6. The summed E-state index contributed by atoms with van der Waals surface area (Å²) in [4.78, 5) is 48.5. The lowest BCUT2D eigenvalue weighted by molar-refractivity contribution is -0.143. The van der Waals surface area contributed by atoms with Crippen molar-refractivity contribution in [3.05, 3.63) is 29.8 Å². The zero-order chi connectivity index (χ0) is 24.4. The van der Waals surface area contributed by atoms with E-state index >= 15 is 0 Å². The average Bonchev–Trinajstić information content (AvgIpc) is 2.70. The summed E-state index contributed by atoms with van der Waals surface area (Å²) >= 11 is 0. The Labute approximate surface area is 187 Å². The molecular weight excluding hydrogens is 416 g/mol. The molecule has 0 saturated carbocycles. The van der Waals surface area contributed by atoms with Crippen LogP contribution in [0.2, 0.25) is 0 Å². The van der Waals surface area contributed by atoms with E-state index in [9.17, 15) is 29.4 Å². The molecule has 0 aliphatic heterocycles. The number of aliphatic carboxylic acids is 1. The maximum absolute atomic E-state index is 12.6. The van der Waals surface area contributed by atoms with Crippen molar-refractivity contribution >= 4 is 23.7 Å². The van der Waals surface area contributed by atoms with Gasteiger partial charge in [-0.1, -0.05) is 39.8 Å². The summed E-state index contributed by atoms with van der Waals surface area (Å²) < 4.78 is 0. The lowest BCUT2D eigenvalue weighted by atomic mass is 10.0. The number of rotatable bonds is 12. The number of aromatic hydroxyl groups is 1. The van der Waals surface area contributed by atoms with Gasteiger partial charge in [0.15, 0.2) is 0 Å². The van der Waals surface area contributed by atoms with Gasteiger partial charge in [-0.3, -0.25) is 14.4 Å². The van der Waals surface area contributed by atoms with Gasteiger partial charge in [0.2, 0.25) is 17.7 Å². The molecule has 3 atom stereocenters. The SMILES string of the molecule is CC(C)CC(NC(=O)CNC(=O)C(N)Cc1ccc(O)cc1)C(=O)NC(C(=O)O)C(C)C. The fourth-order valence-electron chi connectivity index (χ4n) is 2.99. The highest BCUT2D eigenvalue weighted by Crippen LogP contribution is 2.11. The van der Waals surface area contributed by atoms with E-state index in [1.54, 1.807) is 26.0 Å². The zero-order valence-corrected chi connectivity index (χ0v) is 18.9. The molecule has 0 radical (unpaired) electrons. The minimum Gasteiger partial charge on any atom is -0.508 e. The third-order valence-electron chi connectivity index (χ3n) is 4.74. The Morgan fingerprint density at radius 2 is 1.56 bits per heavy atom. The molecule has 0 fully saturated rings. The number of hydrogen-bond acceptors (Lipinski definition) is 6. The third kappa shape index (κ3) is 9.34. The Balaban J connectivity index is 2.64. The highest BCUT2D eigenvalue weighted by Gasteiger charge is 2.29. The second-order valence-corrected chi connectivity index (χ2v) is 8.51. The Morgan fingerprint density at radius 3 is 2.06 bits per heavy atom. The monoisotopic (exact) mass is 450 g/mol. The number of carboxylic acid groups (broad SMARTS) is 1. The number of carbonyl (C=O) groups excluding carboxylic acids is 3. The molecule has 178 valence electrons. The van der Waals surface area contributed by atoms with Crippen LogP contribution in [-0.4, -0.2) is 58.6 Å². The Kier molecular flexibility index (Phi) is 10.6. The van der Waals surface area contributed by atoms with E-state index in [0.717, 1.165) is 5.56 Å². The summed E-state index contributed by atoms with van der Waals surface area (Å²) in [6.45, 7) is 6.70. The van der Waals surface area contributed by atoms with Crippen LogP contribution >= 0.6 is 0 Å². The molecule has 1 rings (SSSR count). The van der Waals surface area contributed by atoms with Gasteiger partial charge in [-0.05, 0) is 42.4 Å². The van der Waals surface area contributed by atoms with E-state index in [0.29, 0.717) is 6.42 Å². The highest BCUT2D eigenvalue weighted by molar-refractivity contribution is 5.92. The first-order chi connectivity index (χ1) is 14.9. The van der Waals surface area contributed by atoms with Crippen LogP contribution in [0.4, 0.5) is 0 Å². The first kappa shape index (κ1) is 26.9. The number of carbonyl (C=O) groups is 4. The second-order valence-electron chi connectivity index (χ2n) is 8.51. The van der Waals surface area contributed by atoms with E-state index in [4.69, 9.17) is 5.73 Å². The van der Waals surface area contributed by atoms with Gasteiger partial charge in [-0.25, -0.2) is 4.79 Å². The fourth-order valence-corrected chi connectivity index (χ4v) is 2.99. The molecule has 0 heterocycles. The number of nitrogens with one attached hydrogen (secondary N) is 3. The van der Waals surface area contributed by atoms with Crippen molar-refractivity contribution < 1.29 is 29.4 Å². The van der Waals surface area contributed by atoms with Crippen LogP contribution in [0.25, 0.3) is 0 Å². The van der Waals surface area contributed by atoms with Crippen LogP contribution in [0, 0.1) is 11.8 Å². The molecule has 1 aromatic rings. The third-order valence-corrected chi connectivity index (χ3v) is 4.74. The van der Waals surface area contributed by atoms with Gasteiger partial charge in [-0.15, -0.1) is 0 Å². The highest BCUT2D eigenvalue weighted by atomic mass is 16.4. The van der Waals surface area contributed by atoms with Crippen molar-refractivity contribution in [1.82, 2.24) is 16.0 Å². The fraction of sp³-hybridized carbons (Fsp3) is 0.545. The molecule has 0 aromatic heterocycles. The normalized spacial score (nSPS) is 13.8. The van der Waals surface area contributed by atoms with E-state index < -0.39 is 41.8 Å². The quantitative estimate of drug-likeness (QED) is 0.263. The number of phenolic OH excluding ortho intramolecular Hbond substituents is 1. The average molecular weight is 451 g/mol. The number of phenols is 1. The largest absolute Gasteiger partial charge is 0.508 e. The summed E-state index contributed by atoms with van der Waals surface area (Å²) in [6, 6.07) is 3.35. The van der Waals surface area contributed by atoms with Crippen LogP contribution < -0.4 is 21.7 Å². The molecule has 0 spiro atoms. The molecule has 0 aliphatic carbocycles. The molecule has 7 N–H and O–H groups in total. The van der Waals surface area contributed by atoms with Crippen molar-refractivity contribution in [2.75, 3.05) is 6.54 Å². The topological polar surface area (TPSA) is 171 Å². The van der Waals surface area contributed by atoms with Crippen LogP contribution in [0.1, 0.15) is 39.7 Å². The van der Waals surface area contributed by atoms with Crippen molar-refractivity contribution in [1.29, 1.82) is 0 Å². The number of nitrogens with two attached hydrogens (primary N) is 1. The van der Waals surface area contributed by atoms with Gasteiger partial charge in [0.05, 0.1) is 12.6 Å². The molecule has 10 heteroatoms. The number of benzene rings is 1. The summed E-state index contributed by atoms with van der Waals surface area (Å²) in [7, 11) is 0. The van der Waals surface area contributed by atoms with Crippen molar-refractivity contribution in [3.63, 3.8) is 0 Å². The molecule has 32 heavy (non-hydrogen) atoms. The first-order valence-corrected chi connectivity index (χ1v) is 10.5. The van der Waals surface area contributed by atoms with Crippen LogP contribution in [0.5, 0.6) is 5.75 Å². The Hall–Kier alpha value is -3.14. The molecule has 0 bridgehead atoms. The number of carboxylic acids is 1. The molecular formula is C22H34N4O6. The van der Waals surface area contributed by atoms with Crippen LogP contribution in [-0.2, 0) is 25.6 Å². The summed E-state index contributed by atoms with van der Waals surface area (Å²) in [5, 5.41) is 26.0. The van der Waals surface area contributed by atoms with Crippen LogP contribution in [0.15, 0.2) is 24.3 Å². The summed E-state index contributed by atoms with van der Waals surface area (Å²) in [6.07, 6.45) is 0.522. The van der Waals surface area contributed by atoms with Crippen molar-refractivity contribution in [3.8, 4) is 5.75 Å². The minimum absolute atomic E-state index is 0.0571.